The van der Waals surface area contributed by atoms with Crippen LogP contribution in [-0.2, 0) is 4.79 Å². The monoisotopic (exact) mass is 362 g/mol. The molecule has 0 heterocycles. The summed E-state index contributed by atoms with van der Waals surface area (Å²) >= 11 is 10.2. The maximum atomic E-state index is 11.7. The highest BCUT2D eigenvalue weighted by Gasteiger charge is 2.20. The molecule has 2 nitrogen and oxygen atoms in total. The zero-order valence-electron chi connectivity index (χ0n) is 14.5. The van der Waals surface area contributed by atoms with Crippen molar-refractivity contribution in [3.63, 3.8) is 0 Å². The lowest BCUT2D eigenvalue weighted by Crippen LogP contribution is -2.08. The van der Waals surface area contributed by atoms with Gasteiger partial charge in [0.25, 0.3) is 10.5 Å². The van der Waals surface area contributed by atoms with E-state index < -0.39 is 11.9 Å². The molecular formula is C18H25Cl2FO2. The summed E-state index contributed by atoms with van der Waals surface area (Å²) in [6.45, 7) is 11.7. The molecule has 1 rings (SSSR count). The molecular weight excluding hydrogens is 338 g/mol. The van der Waals surface area contributed by atoms with Crippen LogP contribution >= 0.6 is 23.2 Å². The Morgan fingerprint density at radius 3 is 1.43 bits per heavy atom. The summed E-state index contributed by atoms with van der Waals surface area (Å²) in [4.78, 5) is 20.9. The molecule has 0 bridgehead atoms. The number of halogens is 3. The van der Waals surface area contributed by atoms with Gasteiger partial charge in [0, 0.05) is 5.56 Å². The molecule has 5 heteroatoms. The number of benzene rings is 1. The lowest BCUT2D eigenvalue weighted by atomic mass is 9.85. The van der Waals surface area contributed by atoms with Gasteiger partial charge >= 0.3 is 0 Å². The van der Waals surface area contributed by atoms with Crippen LogP contribution in [-0.4, -0.2) is 17.2 Å². The van der Waals surface area contributed by atoms with Crippen molar-refractivity contribution in [2.24, 2.45) is 0 Å². The number of carbonyl (C=O) groups excluding carboxylic acids is 2. The van der Waals surface area contributed by atoms with E-state index >= 15 is 0 Å². The van der Waals surface area contributed by atoms with Crippen LogP contribution in [0.2, 0.25) is 0 Å². The maximum Gasteiger partial charge on any atom is 0.252 e. The maximum absolute atomic E-state index is 11.7. The van der Waals surface area contributed by atoms with Crippen molar-refractivity contribution in [2.75, 3.05) is 6.67 Å². The van der Waals surface area contributed by atoms with E-state index in [1.54, 1.807) is 0 Å². The molecule has 1 aromatic carbocycles. The number of hydrogen-bond donors (Lipinski definition) is 0. The number of rotatable bonds is 5. The van der Waals surface area contributed by atoms with E-state index in [-0.39, 0.29) is 5.24 Å². The summed E-state index contributed by atoms with van der Waals surface area (Å²) in [5, 5.41) is -1.28. The van der Waals surface area contributed by atoms with Crippen LogP contribution in [0, 0.1) is 0 Å². The van der Waals surface area contributed by atoms with Gasteiger partial charge in [0.1, 0.15) is 0 Å². The van der Waals surface area contributed by atoms with Crippen molar-refractivity contribution >= 4 is 33.7 Å². The van der Waals surface area contributed by atoms with Crippen LogP contribution in [0.3, 0.4) is 0 Å². The molecule has 0 unspecified atom stereocenters. The average molecular weight is 363 g/mol. The van der Waals surface area contributed by atoms with E-state index in [1.165, 1.54) is 5.56 Å². The van der Waals surface area contributed by atoms with Gasteiger partial charge in [-0.15, -0.1) is 0 Å². The highest BCUT2D eigenvalue weighted by molar-refractivity contribution is 6.68. The van der Waals surface area contributed by atoms with E-state index in [1.807, 2.05) is 0 Å². The largest absolute Gasteiger partial charge is 0.278 e. The smallest absolute Gasteiger partial charge is 0.252 e. The summed E-state index contributed by atoms with van der Waals surface area (Å²) in [7, 11) is 0. The first-order valence-corrected chi connectivity index (χ1v) is 8.40. The lowest BCUT2D eigenvalue weighted by molar-refractivity contribution is -0.112. The van der Waals surface area contributed by atoms with Crippen molar-refractivity contribution in [3.05, 3.63) is 34.4 Å². The Morgan fingerprint density at radius 2 is 1.26 bits per heavy atom. The third kappa shape index (κ3) is 7.01. The number of hydrogen-bond acceptors (Lipinski definition) is 2. The van der Waals surface area contributed by atoms with Crippen molar-refractivity contribution in [3.8, 4) is 0 Å². The molecule has 0 aliphatic carbocycles. The normalized spacial score (nSPS) is 10.8. The zero-order valence-corrected chi connectivity index (χ0v) is 16.1. The Balaban J connectivity index is 0.000000841. The summed E-state index contributed by atoms with van der Waals surface area (Å²) in [5.41, 5.74) is 4.14. The fourth-order valence-corrected chi connectivity index (χ4v) is 2.40. The first-order valence-electron chi connectivity index (χ1n) is 7.64. The Kier molecular flexibility index (Phi) is 9.64. The fourth-order valence-electron chi connectivity index (χ4n) is 2.18. The van der Waals surface area contributed by atoms with E-state index in [0.717, 1.165) is 11.1 Å². The topological polar surface area (TPSA) is 34.1 Å². The third-order valence-electron chi connectivity index (χ3n) is 3.43. The minimum absolute atomic E-state index is 0.305. The molecule has 0 aliphatic heterocycles. The predicted molar refractivity (Wildman–Crippen MR) is 95.7 cm³/mol. The summed E-state index contributed by atoms with van der Waals surface area (Å²) in [6, 6.07) is 4.27. The molecule has 23 heavy (non-hydrogen) atoms. The highest BCUT2D eigenvalue weighted by Crippen LogP contribution is 2.32. The van der Waals surface area contributed by atoms with Crippen LogP contribution in [0.15, 0.2) is 12.1 Å². The molecule has 0 atom stereocenters. The van der Waals surface area contributed by atoms with E-state index in [4.69, 9.17) is 11.6 Å². The number of carbonyl (C=O) groups is 2. The number of alkyl halides is 1. The second kappa shape index (κ2) is 10.0. The molecule has 1 aromatic rings. The molecule has 0 saturated heterocycles. The van der Waals surface area contributed by atoms with Crippen LogP contribution in [0.1, 0.15) is 86.3 Å². The van der Waals surface area contributed by atoms with Gasteiger partial charge < -0.3 is 0 Å². The summed E-state index contributed by atoms with van der Waals surface area (Å²) < 4.78 is 10.6. The molecule has 0 amide bonds. The Bertz CT molecular complexity index is 523. The van der Waals surface area contributed by atoms with Gasteiger partial charge in [-0.1, -0.05) is 53.7 Å². The van der Waals surface area contributed by atoms with Gasteiger partial charge in [0.2, 0.25) is 0 Å². The van der Waals surface area contributed by atoms with Crippen molar-refractivity contribution < 1.29 is 14.0 Å². The molecule has 0 aromatic heterocycles. The molecule has 0 saturated carbocycles. The average Bonchev–Trinajstić information content (AvgIpc) is 2.45. The van der Waals surface area contributed by atoms with Gasteiger partial charge in [0.15, 0.2) is 6.67 Å². The van der Waals surface area contributed by atoms with Gasteiger partial charge in [-0.25, -0.2) is 4.39 Å². The van der Waals surface area contributed by atoms with E-state index in [2.05, 4.69) is 65.3 Å². The Hall–Kier alpha value is -0.930. The van der Waals surface area contributed by atoms with E-state index in [9.17, 15) is 14.0 Å². The first kappa shape index (κ1) is 22.1. The molecule has 0 N–H and O–H groups in total. The predicted octanol–water partition coefficient (Wildman–Crippen LogP) is 6.16. The molecule has 0 aliphatic rings. The van der Waals surface area contributed by atoms with Crippen molar-refractivity contribution in [2.45, 2.75) is 59.3 Å². The van der Waals surface area contributed by atoms with Crippen molar-refractivity contribution in [1.82, 2.24) is 0 Å². The quantitative estimate of drug-likeness (QED) is 0.588. The second-order valence-corrected chi connectivity index (χ2v) is 7.07. The van der Waals surface area contributed by atoms with Gasteiger partial charge in [0.05, 0.1) is 0 Å². The zero-order chi connectivity index (χ0) is 18.3. The molecule has 130 valence electrons. The van der Waals surface area contributed by atoms with Crippen LogP contribution < -0.4 is 0 Å². The van der Waals surface area contributed by atoms with Crippen molar-refractivity contribution in [1.29, 1.82) is 0 Å². The molecule has 0 fully saturated rings. The second-order valence-electron chi connectivity index (χ2n) is 6.30. The van der Waals surface area contributed by atoms with Crippen LogP contribution in [0.25, 0.3) is 0 Å². The van der Waals surface area contributed by atoms with E-state index in [0.29, 0.717) is 23.3 Å². The highest BCUT2D eigenvalue weighted by atomic mass is 35.5. The third-order valence-corrected chi connectivity index (χ3v) is 3.72. The molecule has 0 spiro atoms. The lowest BCUT2D eigenvalue weighted by Gasteiger charge is -2.20. The minimum atomic E-state index is -1.07. The Morgan fingerprint density at radius 1 is 0.913 bits per heavy atom. The summed E-state index contributed by atoms with van der Waals surface area (Å²) in [6.07, 6.45) is 0. The fraction of sp³-hybridized carbons (Fsp3) is 0.556. The standard InChI is InChI=1S/C16H23ClO.C2H2ClFO/c1-9(2)12-7-13(10(3)4)15(16(17)18)14(8-12)11(5)6;3-2(5)1-4/h7-11H,1-6H3;1H2. The van der Waals surface area contributed by atoms with Crippen LogP contribution in [0.5, 0.6) is 0 Å². The first-order chi connectivity index (χ1) is 10.5. The summed E-state index contributed by atoms with van der Waals surface area (Å²) in [5.74, 6) is 1.07. The SMILES string of the molecule is CC(C)c1cc(C(C)C)c(C(=O)Cl)c(C(C)C)c1.O=C(Cl)CF. The van der Waals surface area contributed by atoms with Gasteiger partial charge in [-0.3, -0.25) is 9.59 Å². The van der Waals surface area contributed by atoms with Crippen LogP contribution in [0.4, 0.5) is 4.39 Å². The van der Waals surface area contributed by atoms with Gasteiger partial charge in [-0.2, -0.15) is 0 Å². The van der Waals surface area contributed by atoms with Gasteiger partial charge in [-0.05, 0) is 57.6 Å². The Labute approximate surface area is 148 Å². The molecule has 0 radical (unpaired) electrons. The minimum Gasteiger partial charge on any atom is -0.278 e.